The molecule has 1 aromatic carbocycles. The van der Waals surface area contributed by atoms with Crippen LogP contribution in [0, 0.1) is 0 Å². The van der Waals surface area contributed by atoms with Crippen LogP contribution in [0.5, 0.6) is 0 Å². The fourth-order valence-corrected chi connectivity index (χ4v) is 2.15. The van der Waals surface area contributed by atoms with Gasteiger partial charge in [-0.3, -0.25) is 4.40 Å². The van der Waals surface area contributed by atoms with Crippen molar-refractivity contribution in [3.05, 3.63) is 59.4 Å². The van der Waals surface area contributed by atoms with Gasteiger partial charge in [-0.25, -0.2) is 9.78 Å². The Balaban J connectivity index is 2.24. The molecule has 0 aliphatic heterocycles. The number of aromatic carboxylic acids is 1. The Morgan fingerprint density at radius 2 is 2.11 bits per heavy atom. The summed E-state index contributed by atoms with van der Waals surface area (Å²) >= 11 is 5.96. The molecule has 3 rings (SSSR count). The number of carboxylic acids is 1. The lowest BCUT2D eigenvalue weighted by Crippen LogP contribution is -1.99. The number of nitrogens with zero attached hydrogens (tertiary/aromatic N) is 2. The van der Waals surface area contributed by atoms with Gasteiger partial charge in [0, 0.05) is 16.8 Å². The van der Waals surface area contributed by atoms with Crippen LogP contribution in [0.15, 0.2) is 48.8 Å². The minimum Gasteiger partial charge on any atom is -0.478 e. The molecule has 4 nitrogen and oxygen atoms in total. The molecule has 19 heavy (non-hydrogen) atoms. The first-order valence-electron chi connectivity index (χ1n) is 5.61. The summed E-state index contributed by atoms with van der Waals surface area (Å²) in [6, 6.07) is 10.6. The highest BCUT2D eigenvalue weighted by Crippen LogP contribution is 2.23. The lowest BCUT2D eigenvalue weighted by atomic mass is 10.2. The van der Waals surface area contributed by atoms with Gasteiger partial charge in [0.05, 0.1) is 17.3 Å². The van der Waals surface area contributed by atoms with Gasteiger partial charge in [-0.1, -0.05) is 23.7 Å². The van der Waals surface area contributed by atoms with Crippen molar-refractivity contribution < 1.29 is 9.90 Å². The summed E-state index contributed by atoms with van der Waals surface area (Å²) < 4.78 is 1.75. The Bertz CT molecular complexity index is 780. The molecule has 0 amide bonds. The SMILES string of the molecule is O=C(O)c1ccc2cnc(-c3cccc(Cl)c3)n2c1. The average molecular weight is 273 g/mol. The Kier molecular flexibility index (Phi) is 2.72. The number of carbonyl (C=O) groups is 1. The van der Waals surface area contributed by atoms with Crippen LogP contribution >= 0.6 is 11.6 Å². The number of fused-ring (bicyclic) bond motifs is 1. The normalized spacial score (nSPS) is 10.8. The zero-order chi connectivity index (χ0) is 13.4. The molecule has 0 fully saturated rings. The molecule has 0 bridgehead atoms. The van der Waals surface area contributed by atoms with Gasteiger partial charge >= 0.3 is 5.97 Å². The molecule has 0 saturated carbocycles. The monoisotopic (exact) mass is 272 g/mol. The first-order valence-corrected chi connectivity index (χ1v) is 5.99. The highest BCUT2D eigenvalue weighted by atomic mass is 35.5. The summed E-state index contributed by atoms with van der Waals surface area (Å²) in [5.74, 6) is -0.298. The van der Waals surface area contributed by atoms with E-state index in [1.807, 2.05) is 12.1 Å². The largest absolute Gasteiger partial charge is 0.478 e. The molecule has 0 atom stereocenters. The van der Waals surface area contributed by atoms with E-state index in [0.29, 0.717) is 10.8 Å². The van der Waals surface area contributed by atoms with Crippen molar-refractivity contribution in [2.75, 3.05) is 0 Å². The number of rotatable bonds is 2. The lowest BCUT2D eigenvalue weighted by molar-refractivity contribution is 0.0696. The van der Waals surface area contributed by atoms with Gasteiger partial charge in [0.2, 0.25) is 0 Å². The van der Waals surface area contributed by atoms with Crippen molar-refractivity contribution in [3.63, 3.8) is 0 Å². The minimum atomic E-state index is -0.965. The number of hydrogen-bond acceptors (Lipinski definition) is 2. The van der Waals surface area contributed by atoms with Crippen LogP contribution in [0.4, 0.5) is 0 Å². The minimum absolute atomic E-state index is 0.216. The third-order valence-corrected chi connectivity index (χ3v) is 3.09. The van der Waals surface area contributed by atoms with Crippen LogP contribution in [0.25, 0.3) is 16.9 Å². The van der Waals surface area contributed by atoms with E-state index in [0.717, 1.165) is 11.1 Å². The number of hydrogen-bond donors (Lipinski definition) is 1. The second kappa shape index (κ2) is 4.40. The number of pyridine rings is 1. The predicted molar refractivity (Wildman–Crippen MR) is 72.6 cm³/mol. The van der Waals surface area contributed by atoms with Crippen LogP contribution in [0.3, 0.4) is 0 Å². The standard InChI is InChI=1S/C14H9ClN2O2/c15-11-3-1-2-9(6-11)13-16-7-12-5-4-10(14(18)19)8-17(12)13/h1-8H,(H,18,19). The Hall–Kier alpha value is -2.33. The van der Waals surface area contributed by atoms with Gasteiger partial charge in [-0.05, 0) is 24.3 Å². The highest BCUT2D eigenvalue weighted by Gasteiger charge is 2.09. The van der Waals surface area contributed by atoms with Gasteiger partial charge in [0.25, 0.3) is 0 Å². The fourth-order valence-electron chi connectivity index (χ4n) is 1.96. The molecule has 94 valence electrons. The van der Waals surface area contributed by atoms with Crippen molar-refractivity contribution in [3.8, 4) is 11.4 Å². The van der Waals surface area contributed by atoms with Gasteiger partial charge in [0.1, 0.15) is 5.82 Å². The van der Waals surface area contributed by atoms with E-state index in [-0.39, 0.29) is 5.56 Å². The first-order chi connectivity index (χ1) is 9.15. The second-order valence-electron chi connectivity index (χ2n) is 4.11. The maximum Gasteiger partial charge on any atom is 0.337 e. The highest BCUT2D eigenvalue weighted by molar-refractivity contribution is 6.30. The molecule has 0 aliphatic carbocycles. The van der Waals surface area contributed by atoms with Crippen molar-refractivity contribution in [2.45, 2.75) is 0 Å². The number of carboxylic acid groups (broad SMARTS) is 1. The summed E-state index contributed by atoms with van der Waals surface area (Å²) in [7, 11) is 0. The number of aromatic nitrogens is 2. The summed E-state index contributed by atoms with van der Waals surface area (Å²) in [6.07, 6.45) is 3.25. The molecule has 2 aromatic heterocycles. The van der Waals surface area contributed by atoms with Gasteiger partial charge < -0.3 is 5.11 Å². The van der Waals surface area contributed by atoms with E-state index < -0.39 is 5.97 Å². The first kappa shape index (κ1) is 11.7. The third-order valence-electron chi connectivity index (χ3n) is 2.86. The van der Waals surface area contributed by atoms with Crippen LogP contribution in [0.1, 0.15) is 10.4 Å². The molecular weight excluding hydrogens is 264 g/mol. The molecule has 0 saturated heterocycles. The topological polar surface area (TPSA) is 54.6 Å². The van der Waals surface area contributed by atoms with E-state index in [1.54, 1.807) is 41.1 Å². The number of benzene rings is 1. The summed E-state index contributed by atoms with van der Waals surface area (Å²) in [5, 5.41) is 9.65. The van der Waals surface area contributed by atoms with Gasteiger partial charge in [-0.15, -0.1) is 0 Å². The molecule has 0 unspecified atom stereocenters. The van der Waals surface area contributed by atoms with E-state index in [2.05, 4.69) is 4.98 Å². The van der Waals surface area contributed by atoms with Crippen molar-refractivity contribution in [2.24, 2.45) is 0 Å². The van der Waals surface area contributed by atoms with E-state index in [1.165, 1.54) is 0 Å². The van der Waals surface area contributed by atoms with Gasteiger partial charge in [-0.2, -0.15) is 0 Å². The Labute approximate surface area is 113 Å². The molecule has 0 spiro atoms. The summed E-state index contributed by atoms with van der Waals surface area (Å²) in [4.78, 5) is 15.3. The smallest absolute Gasteiger partial charge is 0.337 e. The average Bonchev–Trinajstić information content (AvgIpc) is 2.81. The molecular formula is C14H9ClN2O2. The quantitative estimate of drug-likeness (QED) is 0.778. The molecule has 0 aliphatic rings. The summed E-state index contributed by atoms with van der Waals surface area (Å²) in [5.41, 5.74) is 1.89. The zero-order valence-corrected chi connectivity index (χ0v) is 10.5. The van der Waals surface area contributed by atoms with Crippen LogP contribution in [-0.4, -0.2) is 20.5 Å². The summed E-state index contributed by atoms with van der Waals surface area (Å²) in [6.45, 7) is 0. The zero-order valence-electron chi connectivity index (χ0n) is 9.75. The number of halogens is 1. The fraction of sp³-hybridized carbons (Fsp3) is 0. The molecule has 0 radical (unpaired) electrons. The third kappa shape index (κ3) is 2.06. The Morgan fingerprint density at radius 1 is 1.26 bits per heavy atom. The maximum atomic E-state index is 11.0. The van der Waals surface area contributed by atoms with Crippen LogP contribution < -0.4 is 0 Å². The Morgan fingerprint density at radius 3 is 2.84 bits per heavy atom. The number of imidazole rings is 1. The molecule has 2 heterocycles. The van der Waals surface area contributed by atoms with E-state index in [9.17, 15) is 4.79 Å². The van der Waals surface area contributed by atoms with Crippen molar-refractivity contribution >= 4 is 23.1 Å². The molecule has 3 aromatic rings. The van der Waals surface area contributed by atoms with E-state index >= 15 is 0 Å². The van der Waals surface area contributed by atoms with Crippen molar-refractivity contribution in [1.82, 2.24) is 9.38 Å². The second-order valence-corrected chi connectivity index (χ2v) is 4.55. The van der Waals surface area contributed by atoms with Crippen LogP contribution in [0.2, 0.25) is 5.02 Å². The van der Waals surface area contributed by atoms with Crippen molar-refractivity contribution in [1.29, 1.82) is 0 Å². The predicted octanol–water partition coefficient (Wildman–Crippen LogP) is 3.35. The van der Waals surface area contributed by atoms with Crippen LogP contribution in [-0.2, 0) is 0 Å². The molecule has 5 heteroatoms. The maximum absolute atomic E-state index is 11.0. The molecule has 1 N–H and O–H groups in total. The lowest BCUT2D eigenvalue weighted by Gasteiger charge is -2.03. The van der Waals surface area contributed by atoms with Gasteiger partial charge in [0.15, 0.2) is 0 Å². The van der Waals surface area contributed by atoms with E-state index in [4.69, 9.17) is 16.7 Å².